The van der Waals surface area contributed by atoms with Crippen LogP contribution >= 0.6 is 23.2 Å². The molecule has 1 rings (SSSR count). The van der Waals surface area contributed by atoms with Gasteiger partial charge in [0.2, 0.25) is 0 Å². The fourth-order valence-corrected chi connectivity index (χ4v) is 1.47. The van der Waals surface area contributed by atoms with Crippen LogP contribution in [0.4, 0.5) is 0 Å². The Kier molecular flexibility index (Phi) is 3.09. The first kappa shape index (κ1) is 9.52. The third kappa shape index (κ3) is 1.78. The topological polar surface area (TPSA) is 38.9 Å². The zero-order valence-corrected chi connectivity index (χ0v) is 7.81. The lowest BCUT2D eigenvalue weighted by molar-refractivity contribution is 0.910. The zero-order chi connectivity index (χ0) is 9.14. The minimum atomic E-state index is -0.340. The third-order valence-electron chi connectivity index (χ3n) is 1.48. The molecule has 0 unspecified atom stereocenters. The van der Waals surface area contributed by atoms with Crippen LogP contribution in [0.15, 0.2) is 25.0 Å². The molecule has 1 aromatic rings. The van der Waals surface area contributed by atoms with Gasteiger partial charge in [0.15, 0.2) is 0 Å². The van der Waals surface area contributed by atoms with Crippen molar-refractivity contribution in [3.63, 3.8) is 0 Å². The van der Waals surface area contributed by atoms with Crippen molar-refractivity contribution in [1.82, 2.24) is 4.98 Å². The zero-order valence-electron chi connectivity index (χ0n) is 6.30. The van der Waals surface area contributed by atoms with Gasteiger partial charge < -0.3 is 5.73 Å². The highest BCUT2D eigenvalue weighted by Gasteiger charge is 2.10. The Bertz CT molecular complexity index is 279. The van der Waals surface area contributed by atoms with Gasteiger partial charge in [-0.15, -0.1) is 6.58 Å². The van der Waals surface area contributed by atoms with Crippen LogP contribution in [0.2, 0.25) is 10.0 Å². The normalized spacial score (nSPS) is 12.6. The van der Waals surface area contributed by atoms with Crippen LogP contribution in [0, 0.1) is 0 Å². The Balaban J connectivity index is 3.20. The second kappa shape index (κ2) is 3.90. The molecule has 0 saturated carbocycles. The van der Waals surface area contributed by atoms with E-state index in [4.69, 9.17) is 28.9 Å². The molecule has 1 aromatic heterocycles. The number of aromatic nitrogens is 1. The molecule has 1 atom stereocenters. The van der Waals surface area contributed by atoms with E-state index < -0.39 is 0 Å². The van der Waals surface area contributed by atoms with Crippen LogP contribution in [-0.4, -0.2) is 4.98 Å². The first-order valence-corrected chi connectivity index (χ1v) is 4.09. The number of rotatable bonds is 2. The maximum atomic E-state index is 5.83. The summed E-state index contributed by atoms with van der Waals surface area (Å²) < 4.78 is 0. The minimum Gasteiger partial charge on any atom is -0.321 e. The lowest BCUT2D eigenvalue weighted by Gasteiger charge is -2.09. The largest absolute Gasteiger partial charge is 0.321 e. The van der Waals surface area contributed by atoms with E-state index in [1.807, 2.05) is 0 Å². The SMILES string of the molecule is C=C[C@@H](N)c1c(Cl)cncc1Cl. The highest BCUT2D eigenvalue weighted by Crippen LogP contribution is 2.28. The molecule has 0 bridgehead atoms. The van der Waals surface area contributed by atoms with Gasteiger partial charge in [0, 0.05) is 18.0 Å². The summed E-state index contributed by atoms with van der Waals surface area (Å²) in [5.41, 5.74) is 6.35. The Morgan fingerprint density at radius 1 is 1.42 bits per heavy atom. The van der Waals surface area contributed by atoms with Gasteiger partial charge in [-0.05, 0) is 0 Å². The average molecular weight is 203 g/mol. The summed E-state index contributed by atoms with van der Waals surface area (Å²) in [5.74, 6) is 0. The molecule has 1 heterocycles. The average Bonchev–Trinajstić information content (AvgIpc) is 2.03. The third-order valence-corrected chi connectivity index (χ3v) is 2.08. The standard InChI is InChI=1S/C8H8Cl2N2/c1-2-7(11)8-5(9)3-12-4-6(8)10/h2-4,7H,1,11H2/t7-/m1/s1. The molecule has 2 N–H and O–H groups in total. The van der Waals surface area contributed by atoms with E-state index in [1.165, 1.54) is 12.4 Å². The van der Waals surface area contributed by atoms with Crippen molar-refractivity contribution in [3.05, 3.63) is 40.7 Å². The molecule has 0 aromatic carbocycles. The Morgan fingerprint density at radius 2 is 1.92 bits per heavy atom. The van der Waals surface area contributed by atoms with E-state index in [9.17, 15) is 0 Å². The quantitative estimate of drug-likeness (QED) is 0.750. The van der Waals surface area contributed by atoms with Crippen LogP contribution in [0.25, 0.3) is 0 Å². The second-order valence-electron chi connectivity index (χ2n) is 2.28. The molecule has 64 valence electrons. The maximum Gasteiger partial charge on any atom is 0.0655 e. The highest BCUT2D eigenvalue weighted by molar-refractivity contribution is 6.35. The first-order valence-electron chi connectivity index (χ1n) is 3.34. The molecule has 0 spiro atoms. The van der Waals surface area contributed by atoms with Crippen LogP contribution in [-0.2, 0) is 0 Å². The lowest BCUT2D eigenvalue weighted by atomic mass is 10.1. The van der Waals surface area contributed by atoms with Gasteiger partial charge in [-0.2, -0.15) is 0 Å². The Morgan fingerprint density at radius 3 is 2.33 bits per heavy atom. The molecule has 0 fully saturated rings. The molecule has 0 saturated heterocycles. The highest BCUT2D eigenvalue weighted by atomic mass is 35.5. The van der Waals surface area contributed by atoms with Gasteiger partial charge in [-0.1, -0.05) is 29.3 Å². The molecule has 0 aliphatic carbocycles. The van der Waals surface area contributed by atoms with Crippen molar-refractivity contribution >= 4 is 23.2 Å². The predicted molar refractivity (Wildman–Crippen MR) is 51.4 cm³/mol. The van der Waals surface area contributed by atoms with Gasteiger partial charge in [0.25, 0.3) is 0 Å². The van der Waals surface area contributed by atoms with E-state index in [0.29, 0.717) is 15.6 Å². The maximum absolute atomic E-state index is 5.83. The van der Waals surface area contributed by atoms with Gasteiger partial charge in [-0.3, -0.25) is 4.98 Å². The molecular weight excluding hydrogens is 195 g/mol. The predicted octanol–water partition coefficient (Wildman–Crippen LogP) is 2.57. The van der Waals surface area contributed by atoms with Crippen LogP contribution in [0.5, 0.6) is 0 Å². The lowest BCUT2D eigenvalue weighted by Crippen LogP contribution is -2.08. The molecule has 0 aliphatic heterocycles. The number of hydrogen-bond acceptors (Lipinski definition) is 2. The van der Waals surface area contributed by atoms with Gasteiger partial charge in [-0.25, -0.2) is 0 Å². The second-order valence-corrected chi connectivity index (χ2v) is 3.09. The number of pyridine rings is 1. The van der Waals surface area contributed by atoms with Crippen molar-refractivity contribution in [1.29, 1.82) is 0 Å². The van der Waals surface area contributed by atoms with Gasteiger partial charge >= 0.3 is 0 Å². The summed E-state index contributed by atoms with van der Waals surface area (Å²) in [7, 11) is 0. The molecular formula is C8H8Cl2N2. The molecule has 4 heteroatoms. The van der Waals surface area contributed by atoms with Crippen molar-refractivity contribution in [2.75, 3.05) is 0 Å². The van der Waals surface area contributed by atoms with Crippen molar-refractivity contribution in [3.8, 4) is 0 Å². The smallest absolute Gasteiger partial charge is 0.0655 e. The summed E-state index contributed by atoms with van der Waals surface area (Å²) in [6.07, 6.45) is 4.59. The van der Waals surface area contributed by atoms with Crippen molar-refractivity contribution in [2.45, 2.75) is 6.04 Å². The fraction of sp³-hybridized carbons (Fsp3) is 0.125. The number of nitrogens with two attached hydrogens (primary N) is 1. The van der Waals surface area contributed by atoms with Gasteiger partial charge in [0.1, 0.15) is 0 Å². The van der Waals surface area contributed by atoms with E-state index in [-0.39, 0.29) is 6.04 Å². The molecule has 12 heavy (non-hydrogen) atoms. The van der Waals surface area contributed by atoms with E-state index in [0.717, 1.165) is 0 Å². The summed E-state index contributed by atoms with van der Waals surface area (Å²) in [6.45, 7) is 3.56. The fourth-order valence-electron chi connectivity index (χ4n) is 0.858. The molecule has 2 nitrogen and oxygen atoms in total. The Labute approximate surface area is 81.0 Å². The monoisotopic (exact) mass is 202 g/mol. The summed E-state index contributed by atoms with van der Waals surface area (Å²) >= 11 is 11.7. The van der Waals surface area contributed by atoms with Crippen LogP contribution in [0.1, 0.15) is 11.6 Å². The molecule has 0 aliphatic rings. The number of nitrogens with zero attached hydrogens (tertiary/aromatic N) is 1. The number of halogens is 2. The molecule has 0 radical (unpaired) electrons. The van der Waals surface area contributed by atoms with E-state index >= 15 is 0 Å². The van der Waals surface area contributed by atoms with Crippen LogP contribution < -0.4 is 5.73 Å². The summed E-state index contributed by atoms with van der Waals surface area (Å²) in [4.78, 5) is 3.81. The van der Waals surface area contributed by atoms with E-state index in [2.05, 4.69) is 11.6 Å². The molecule has 0 amide bonds. The van der Waals surface area contributed by atoms with Crippen molar-refractivity contribution < 1.29 is 0 Å². The van der Waals surface area contributed by atoms with E-state index in [1.54, 1.807) is 6.08 Å². The van der Waals surface area contributed by atoms with Crippen molar-refractivity contribution in [2.24, 2.45) is 5.73 Å². The Hall–Kier alpha value is -0.570. The minimum absolute atomic E-state index is 0.340. The summed E-state index contributed by atoms with van der Waals surface area (Å²) in [5, 5.41) is 0.935. The summed E-state index contributed by atoms with van der Waals surface area (Å²) in [6, 6.07) is -0.340. The first-order chi connectivity index (χ1) is 5.66. The van der Waals surface area contributed by atoms with Crippen LogP contribution in [0.3, 0.4) is 0 Å². The van der Waals surface area contributed by atoms with Gasteiger partial charge in [0.05, 0.1) is 16.1 Å². The number of hydrogen-bond donors (Lipinski definition) is 1.